The highest BCUT2D eigenvalue weighted by molar-refractivity contribution is 9.10. The van der Waals surface area contributed by atoms with E-state index in [0.29, 0.717) is 39.5 Å². The summed E-state index contributed by atoms with van der Waals surface area (Å²) >= 11 is 7.07. The smallest absolute Gasteiger partial charge is 0.0900 e. The van der Waals surface area contributed by atoms with Crippen LogP contribution < -0.4 is 16.4 Å². The Morgan fingerprint density at radius 3 is 2.26 bits per heavy atom. The Hall–Kier alpha value is -3.08. The average molecular weight is 651 g/mol. The van der Waals surface area contributed by atoms with Crippen molar-refractivity contribution in [3.8, 4) is 17.1 Å². The van der Waals surface area contributed by atoms with Crippen molar-refractivity contribution < 1.29 is 9.47 Å². The standard InChI is InChI=1S/C30H29Br2N5O2/c31-21-5-9-23(10-6-21)35-27-19-28-30(20-26(27)34-14-16-39-18-17-38-15-13-33)37(24-11-7-22(32)8-12-24)29-4-2-1-3-25(29)36-28/h1-12,19-20,35H,13-18,33H2/b34-26-. The van der Waals surface area contributed by atoms with Gasteiger partial charge in [-0.1, -0.05) is 44.0 Å². The molecule has 200 valence electrons. The van der Waals surface area contributed by atoms with Gasteiger partial charge < -0.3 is 25.1 Å². The molecule has 3 aromatic rings. The number of ether oxygens (including phenoxy) is 2. The van der Waals surface area contributed by atoms with E-state index in [2.05, 4.69) is 72.1 Å². The predicted molar refractivity (Wildman–Crippen MR) is 164 cm³/mol. The number of rotatable bonds is 11. The maximum atomic E-state index is 5.72. The number of nitrogens with zero attached hydrogens (tertiary/aromatic N) is 3. The maximum absolute atomic E-state index is 5.72. The fourth-order valence-electron chi connectivity index (χ4n) is 4.27. The van der Waals surface area contributed by atoms with Crippen molar-refractivity contribution in [3.05, 3.63) is 99.2 Å². The van der Waals surface area contributed by atoms with E-state index in [0.717, 1.165) is 53.8 Å². The summed E-state index contributed by atoms with van der Waals surface area (Å²) in [4.78, 5) is 9.94. The van der Waals surface area contributed by atoms with Crippen molar-refractivity contribution in [1.82, 2.24) is 9.55 Å². The first kappa shape index (κ1) is 27.5. The third-order valence-electron chi connectivity index (χ3n) is 6.06. The van der Waals surface area contributed by atoms with Gasteiger partial charge in [0.15, 0.2) is 0 Å². The molecule has 7 nitrogen and oxygen atoms in total. The lowest BCUT2D eigenvalue weighted by molar-refractivity contribution is 0.0538. The summed E-state index contributed by atoms with van der Waals surface area (Å²) < 4.78 is 15.4. The summed E-state index contributed by atoms with van der Waals surface area (Å²) in [6.07, 6.45) is 0. The highest BCUT2D eigenvalue weighted by Gasteiger charge is 2.16. The predicted octanol–water partition coefficient (Wildman–Crippen LogP) is 6.29. The number of anilines is 2. The normalized spacial score (nSPS) is 11.9. The van der Waals surface area contributed by atoms with Crippen LogP contribution in [0.3, 0.4) is 0 Å². The summed E-state index contributed by atoms with van der Waals surface area (Å²) in [7, 11) is 0. The molecule has 39 heavy (non-hydrogen) atoms. The number of aromatic nitrogens is 2. The molecule has 5 rings (SSSR count). The van der Waals surface area contributed by atoms with Gasteiger partial charge in [0, 0.05) is 26.9 Å². The minimum Gasteiger partial charge on any atom is -0.378 e. The highest BCUT2D eigenvalue weighted by Crippen LogP contribution is 2.31. The molecule has 3 aromatic carbocycles. The number of hydrogen-bond donors (Lipinski definition) is 2. The highest BCUT2D eigenvalue weighted by atomic mass is 79.9. The molecular formula is C30H29Br2N5O2. The van der Waals surface area contributed by atoms with Gasteiger partial charge in [-0.15, -0.1) is 0 Å². The Morgan fingerprint density at radius 2 is 1.51 bits per heavy atom. The van der Waals surface area contributed by atoms with Crippen LogP contribution in [0.5, 0.6) is 0 Å². The Balaban J connectivity index is 1.58. The molecule has 1 heterocycles. The second-order valence-corrected chi connectivity index (χ2v) is 10.6. The van der Waals surface area contributed by atoms with E-state index in [9.17, 15) is 0 Å². The number of hydrogen-bond acceptors (Lipinski definition) is 6. The summed E-state index contributed by atoms with van der Waals surface area (Å²) in [6, 6.07) is 28.7. The lowest BCUT2D eigenvalue weighted by Gasteiger charge is -2.20. The van der Waals surface area contributed by atoms with E-state index in [-0.39, 0.29) is 0 Å². The van der Waals surface area contributed by atoms with Crippen LogP contribution in [-0.2, 0) is 9.47 Å². The number of para-hydroxylation sites is 2. The van der Waals surface area contributed by atoms with Crippen LogP contribution in [0.25, 0.3) is 28.1 Å². The monoisotopic (exact) mass is 649 g/mol. The molecule has 1 aliphatic carbocycles. The molecule has 0 saturated carbocycles. The summed E-state index contributed by atoms with van der Waals surface area (Å²) in [6.45, 7) is 3.08. The Bertz CT molecular complexity index is 1570. The van der Waals surface area contributed by atoms with Gasteiger partial charge in [-0.25, -0.2) is 4.98 Å². The first-order valence-corrected chi connectivity index (χ1v) is 14.3. The molecular weight excluding hydrogens is 622 g/mol. The first-order chi connectivity index (χ1) is 19.1. The Labute approximate surface area is 244 Å². The molecule has 0 spiro atoms. The molecule has 1 aliphatic heterocycles. The van der Waals surface area contributed by atoms with E-state index >= 15 is 0 Å². The lowest BCUT2D eigenvalue weighted by Crippen LogP contribution is -2.16. The molecule has 0 bridgehead atoms. The van der Waals surface area contributed by atoms with Gasteiger partial charge in [-0.05, 0) is 72.8 Å². The van der Waals surface area contributed by atoms with Gasteiger partial charge in [0.1, 0.15) is 0 Å². The van der Waals surface area contributed by atoms with Crippen LogP contribution in [-0.4, -0.2) is 49.1 Å². The van der Waals surface area contributed by atoms with Crippen LogP contribution >= 0.6 is 31.9 Å². The van der Waals surface area contributed by atoms with Crippen molar-refractivity contribution >= 4 is 54.3 Å². The van der Waals surface area contributed by atoms with Crippen LogP contribution in [0.4, 0.5) is 11.4 Å². The van der Waals surface area contributed by atoms with Crippen molar-refractivity contribution in [1.29, 1.82) is 0 Å². The SMILES string of the molecule is NCCOCCOCC/N=c1/cc2n(-c3ccc(Br)cc3)c3ccccc3nc-2cc1Nc1ccc(Br)cc1. The minimum atomic E-state index is 0.491. The molecule has 0 atom stereocenters. The van der Waals surface area contributed by atoms with Gasteiger partial charge in [-0.3, -0.25) is 4.99 Å². The number of benzene rings is 4. The third kappa shape index (κ3) is 6.93. The fraction of sp³-hybridized carbons (Fsp3) is 0.200. The molecule has 0 saturated heterocycles. The summed E-state index contributed by atoms with van der Waals surface area (Å²) in [5.74, 6) is 0. The zero-order valence-electron chi connectivity index (χ0n) is 21.3. The van der Waals surface area contributed by atoms with Gasteiger partial charge in [-0.2, -0.15) is 0 Å². The molecule has 0 aromatic heterocycles. The van der Waals surface area contributed by atoms with E-state index in [4.69, 9.17) is 25.2 Å². The number of halogens is 2. The zero-order valence-corrected chi connectivity index (χ0v) is 24.5. The largest absolute Gasteiger partial charge is 0.378 e. The topological polar surface area (TPSA) is 86.7 Å². The van der Waals surface area contributed by atoms with Crippen LogP contribution in [0.15, 0.2) is 98.9 Å². The van der Waals surface area contributed by atoms with E-state index in [1.165, 1.54) is 0 Å². The van der Waals surface area contributed by atoms with Gasteiger partial charge in [0.25, 0.3) is 0 Å². The van der Waals surface area contributed by atoms with Crippen molar-refractivity contribution in [2.75, 3.05) is 44.8 Å². The van der Waals surface area contributed by atoms with E-state index in [1.54, 1.807) is 0 Å². The van der Waals surface area contributed by atoms with Crippen molar-refractivity contribution in [3.63, 3.8) is 0 Å². The molecule has 2 aliphatic rings. The van der Waals surface area contributed by atoms with Crippen LogP contribution in [0, 0.1) is 0 Å². The first-order valence-electron chi connectivity index (χ1n) is 12.7. The van der Waals surface area contributed by atoms with Gasteiger partial charge >= 0.3 is 0 Å². The van der Waals surface area contributed by atoms with Crippen LogP contribution in [0.2, 0.25) is 0 Å². The van der Waals surface area contributed by atoms with Gasteiger partial charge in [0.05, 0.1) is 66.4 Å². The third-order valence-corrected chi connectivity index (χ3v) is 7.11. The molecule has 0 radical (unpaired) electrons. The summed E-state index contributed by atoms with van der Waals surface area (Å²) in [5, 5.41) is 4.37. The van der Waals surface area contributed by atoms with Gasteiger partial charge in [0.2, 0.25) is 0 Å². The molecule has 3 N–H and O–H groups in total. The number of nitrogens with two attached hydrogens (primary N) is 1. The molecule has 0 fully saturated rings. The summed E-state index contributed by atoms with van der Waals surface area (Å²) in [5.41, 5.74) is 12.1. The quantitative estimate of drug-likeness (QED) is 0.130. The van der Waals surface area contributed by atoms with E-state index in [1.807, 2.05) is 54.6 Å². The lowest BCUT2D eigenvalue weighted by atomic mass is 10.1. The average Bonchev–Trinajstić information content (AvgIpc) is 2.95. The Morgan fingerprint density at radius 1 is 0.821 bits per heavy atom. The van der Waals surface area contributed by atoms with Crippen molar-refractivity contribution in [2.24, 2.45) is 10.7 Å². The number of fused-ring (bicyclic) bond motifs is 2. The second kappa shape index (κ2) is 13.3. The maximum Gasteiger partial charge on any atom is 0.0900 e. The molecule has 0 amide bonds. The minimum absolute atomic E-state index is 0.491. The fourth-order valence-corrected chi connectivity index (χ4v) is 4.79. The Kier molecular flexibility index (Phi) is 9.39. The molecule has 9 heteroatoms. The zero-order chi connectivity index (χ0) is 27.0. The molecule has 0 unspecified atom stereocenters. The number of nitrogens with one attached hydrogen (secondary N) is 1. The second-order valence-electron chi connectivity index (χ2n) is 8.80. The van der Waals surface area contributed by atoms with E-state index < -0.39 is 0 Å². The van der Waals surface area contributed by atoms with Crippen LogP contribution in [0.1, 0.15) is 0 Å². The van der Waals surface area contributed by atoms with Crippen molar-refractivity contribution in [2.45, 2.75) is 0 Å².